The molecule has 7 heteroatoms. The van der Waals surface area contributed by atoms with Gasteiger partial charge in [0, 0.05) is 19.7 Å². The van der Waals surface area contributed by atoms with Gasteiger partial charge in [-0.2, -0.15) is 4.31 Å². The normalized spacial score (nSPS) is 13.3. The topological polar surface area (TPSA) is 65.1 Å². The molecule has 29 heavy (non-hydrogen) atoms. The molecule has 0 aliphatic carbocycles. The Bertz CT molecular complexity index is 1100. The van der Waals surface area contributed by atoms with Crippen LogP contribution in [0.25, 0.3) is 0 Å². The predicted octanol–water partition coefficient (Wildman–Crippen LogP) is 4.07. The van der Waals surface area contributed by atoms with Crippen LogP contribution in [-0.4, -0.2) is 33.0 Å². The summed E-state index contributed by atoms with van der Waals surface area (Å²) in [6.45, 7) is 1.07. The quantitative estimate of drug-likeness (QED) is 0.612. The van der Waals surface area contributed by atoms with Gasteiger partial charge in [0.25, 0.3) is 0 Å². The predicted molar refractivity (Wildman–Crippen MR) is 109 cm³/mol. The van der Waals surface area contributed by atoms with Crippen LogP contribution in [0.15, 0.2) is 77.7 Å². The van der Waals surface area contributed by atoms with Crippen LogP contribution in [0.4, 0.5) is 0 Å². The summed E-state index contributed by atoms with van der Waals surface area (Å²) in [5.41, 5.74) is 0.821. The van der Waals surface area contributed by atoms with E-state index < -0.39 is 10.0 Å². The van der Waals surface area contributed by atoms with E-state index in [0.29, 0.717) is 30.5 Å². The zero-order valence-corrected chi connectivity index (χ0v) is 16.8. The number of fused-ring (bicyclic) bond motifs is 1. The van der Waals surface area contributed by atoms with Crippen LogP contribution in [-0.2, 0) is 16.6 Å². The first-order chi connectivity index (χ1) is 14.0. The van der Waals surface area contributed by atoms with Gasteiger partial charge < -0.3 is 14.2 Å². The van der Waals surface area contributed by atoms with Crippen molar-refractivity contribution >= 4 is 10.0 Å². The van der Waals surface area contributed by atoms with E-state index in [2.05, 4.69) is 0 Å². The van der Waals surface area contributed by atoms with Gasteiger partial charge in [-0.1, -0.05) is 30.3 Å². The Morgan fingerprint density at radius 1 is 0.862 bits per heavy atom. The Kier molecular flexibility index (Phi) is 5.42. The molecule has 6 nitrogen and oxygen atoms in total. The minimum Gasteiger partial charge on any atom is -0.486 e. The third-order valence-electron chi connectivity index (χ3n) is 4.50. The summed E-state index contributed by atoms with van der Waals surface area (Å²) in [6, 6.07) is 21.5. The van der Waals surface area contributed by atoms with Crippen molar-refractivity contribution in [2.75, 3.05) is 20.3 Å². The molecule has 0 amide bonds. The Hall–Kier alpha value is -3.03. The zero-order valence-electron chi connectivity index (χ0n) is 15.9. The number of para-hydroxylation sites is 1. The summed E-state index contributed by atoms with van der Waals surface area (Å²) in [6.07, 6.45) is 0. The zero-order chi connectivity index (χ0) is 20.3. The van der Waals surface area contributed by atoms with Gasteiger partial charge in [-0.3, -0.25) is 0 Å². The molecule has 0 saturated carbocycles. The first-order valence-corrected chi connectivity index (χ1v) is 10.6. The van der Waals surface area contributed by atoms with E-state index in [0.717, 1.165) is 11.3 Å². The fourth-order valence-corrected chi connectivity index (χ4v) is 4.21. The maximum Gasteiger partial charge on any atom is 0.243 e. The van der Waals surface area contributed by atoms with Crippen LogP contribution >= 0.6 is 0 Å². The van der Waals surface area contributed by atoms with Gasteiger partial charge in [0.1, 0.15) is 24.7 Å². The standard InChI is InChI=1S/C22H21NO5S/c1-23(29(24,25)20-10-11-21-22(15-20)27-13-12-26-21)16-17-6-5-9-19(14-17)28-18-7-3-2-4-8-18/h2-11,14-15H,12-13,16H2,1H3. The third kappa shape index (κ3) is 4.36. The number of benzene rings is 3. The molecule has 3 aromatic carbocycles. The number of nitrogens with zero attached hydrogens (tertiary/aromatic N) is 1. The number of hydrogen-bond acceptors (Lipinski definition) is 5. The van der Waals surface area contributed by atoms with E-state index in [1.807, 2.05) is 54.6 Å². The summed E-state index contributed by atoms with van der Waals surface area (Å²) in [7, 11) is -2.13. The number of sulfonamides is 1. The summed E-state index contributed by atoms with van der Waals surface area (Å²) in [5, 5.41) is 0. The van der Waals surface area contributed by atoms with Gasteiger partial charge in [-0.15, -0.1) is 0 Å². The van der Waals surface area contributed by atoms with Crippen LogP contribution in [0.2, 0.25) is 0 Å². The minimum atomic E-state index is -3.69. The average molecular weight is 411 g/mol. The Morgan fingerprint density at radius 2 is 1.59 bits per heavy atom. The number of rotatable bonds is 6. The second kappa shape index (κ2) is 8.14. The minimum absolute atomic E-state index is 0.168. The van der Waals surface area contributed by atoms with E-state index in [4.69, 9.17) is 14.2 Å². The van der Waals surface area contributed by atoms with E-state index in [1.54, 1.807) is 13.1 Å². The molecule has 0 radical (unpaired) electrons. The molecule has 0 saturated heterocycles. The largest absolute Gasteiger partial charge is 0.486 e. The van der Waals surface area contributed by atoms with Crippen molar-refractivity contribution in [3.05, 3.63) is 78.4 Å². The molecule has 0 unspecified atom stereocenters. The lowest BCUT2D eigenvalue weighted by Gasteiger charge is -2.21. The Balaban J connectivity index is 1.51. The molecular weight excluding hydrogens is 390 g/mol. The van der Waals surface area contributed by atoms with Crippen LogP contribution < -0.4 is 14.2 Å². The highest BCUT2D eigenvalue weighted by Crippen LogP contribution is 2.33. The smallest absolute Gasteiger partial charge is 0.243 e. The van der Waals surface area contributed by atoms with E-state index in [9.17, 15) is 8.42 Å². The third-order valence-corrected chi connectivity index (χ3v) is 6.30. The second-order valence-corrected chi connectivity index (χ2v) is 8.67. The first kappa shape index (κ1) is 19.3. The van der Waals surface area contributed by atoms with Crippen molar-refractivity contribution in [1.29, 1.82) is 0 Å². The van der Waals surface area contributed by atoms with Gasteiger partial charge in [0.15, 0.2) is 11.5 Å². The molecule has 3 aromatic rings. The van der Waals surface area contributed by atoms with Crippen molar-refractivity contribution < 1.29 is 22.6 Å². The van der Waals surface area contributed by atoms with Crippen LogP contribution in [0.3, 0.4) is 0 Å². The molecule has 4 rings (SSSR count). The highest BCUT2D eigenvalue weighted by atomic mass is 32.2. The molecular formula is C22H21NO5S. The van der Waals surface area contributed by atoms with Crippen LogP contribution in [0.1, 0.15) is 5.56 Å². The van der Waals surface area contributed by atoms with Gasteiger partial charge in [-0.05, 0) is 42.0 Å². The van der Waals surface area contributed by atoms with Crippen molar-refractivity contribution in [3.8, 4) is 23.0 Å². The molecule has 0 aromatic heterocycles. The highest BCUT2D eigenvalue weighted by molar-refractivity contribution is 7.89. The van der Waals surface area contributed by atoms with Gasteiger partial charge in [-0.25, -0.2) is 8.42 Å². The molecule has 0 atom stereocenters. The van der Waals surface area contributed by atoms with Gasteiger partial charge in [0.05, 0.1) is 4.90 Å². The van der Waals surface area contributed by atoms with Crippen molar-refractivity contribution in [2.45, 2.75) is 11.4 Å². The number of hydrogen-bond donors (Lipinski definition) is 0. The van der Waals surface area contributed by atoms with Gasteiger partial charge >= 0.3 is 0 Å². The lowest BCUT2D eigenvalue weighted by Crippen LogP contribution is -2.26. The molecule has 1 aliphatic rings. The SMILES string of the molecule is CN(Cc1cccc(Oc2ccccc2)c1)S(=O)(=O)c1ccc2c(c1)OCCO2. The Morgan fingerprint density at radius 3 is 2.38 bits per heavy atom. The fourth-order valence-electron chi connectivity index (χ4n) is 3.04. The lowest BCUT2D eigenvalue weighted by molar-refractivity contribution is 0.171. The summed E-state index contributed by atoms with van der Waals surface area (Å²) >= 11 is 0. The molecule has 150 valence electrons. The monoisotopic (exact) mass is 411 g/mol. The molecule has 1 aliphatic heterocycles. The van der Waals surface area contributed by atoms with Crippen molar-refractivity contribution in [2.24, 2.45) is 0 Å². The average Bonchev–Trinajstić information content (AvgIpc) is 2.74. The van der Waals surface area contributed by atoms with Crippen molar-refractivity contribution in [3.63, 3.8) is 0 Å². The van der Waals surface area contributed by atoms with Crippen LogP contribution in [0, 0.1) is 0 Å². The second-order valence-electron chi connectivity index (χ2n) is 6.63. The maximum atomic E-state index is 13.0. The summed E-state index contributed by atoms with van der Waals surface area (Å²) in [4.78, 5) is 0.168. The summed E-state index contributed by atoms with van der Waals surface area (Å²) < 4.78 is 44.1. The fraction of sp³-hybridized carbons (Fsp3) is 0.182. The van der Waals surface area contributed by atoms with Gasteiger partial charge in [0.2, 0.25) is 10.0 Å². The highest BCUT2D eigenvalue weighted by Gasteiger charge is 2.24. The first-order valence-electron chi connectivity index (χ1n) is 9.20. The van der Waals surface area contributed by atoms with Crippen LogP contribution in [0.5, 0.6) is 23.0 Å². The molecule has 0 bridgehead atoms. The van der Waals surface area contributed by atoms with Crippen molar-refractivity contribution in [1.82, 2.24) is 4.31 Å². The molecule has 0 spiro atoms. The molecule has 1 heterocycles. The number of ether oxygens (including phenoxy) is 3. The summed E-state index contributed by atoms with van der Waals surface area (Å²) in [5.74, 6) is 2.38. The Labute approximate surface area is 170 Å². The van der Waals surface area contributed by atoms with E-state index >= 15 is 0 Å². The maximum absolute atomic E-state index is 13.0. The van der Waals surface area contributed by atoms with E-state index in [-0.39, 0.29) is 11.4 Å². The molecule has 0 fully saturated rings. The van der Waals surface area contributed by atoms with E-state index in [1.165, 1.54) is 16.4 Å². The lowest BCUT2D eigenvalue weighted by atomic mass is 10.2. The molecule has 0 N–H and O–H groups in total.